The molecule has 1 amide bonds. The number of halogens is 1. The molecule has 2 aliphatic heterocycles. The first-order valence-electron chi connectivity index (χ1n) is 14.4. The summed E-state index contributed by atoms with van der Waals surface area (Å²) in [5.74, 6) is 1.51. The Morgan fingerprint density at radius 3 is 2.32 bits per heavy atom. The Kier molecular flexibility index (Phi) is 10.6. The number of nitrogens with zero attached hydrogens (tertiary/aromatic N) is 3. The number of carbonyl (C=O) groups excluding carboxylic acids is 1. The first kappa shape index (κ1) is 29.4. The fourth-order valence-corrected chi connectivity index (χ4v) is 7.74. The van der Waals surface area contributed by atoms with Crippen molar-refractivity contribution in [3.63, 3.8) is 0 Å². The van der Waals surface area contributed by atoms with E-state index in [0.29, 0.717) is 37.9 Å². The van der Waals surface area contributed by atoms with Crippen LogP contribution in [0.4, 0.5) is 4.39 Å². The lowest BCUT2D eigenvalue weighted by atomic mass is 9.87. The third-order valence-corrected chi connectivity index (χ3v) is 10.5. The first-order chi connectivity index (χ1) is 18.2. The summed E-state index contributed by atoms with van der Waals surface area (Å²) in [6.07, 6.45) is 7.16. The predicted octanol–water partition coefficient (Wildman–Crippen LogP) is 3.84. The van der Waals surface area contributed by atoms with Crippen molar-refractivity contribution >= 4 is 16.9 Å². The highest BCUT2D eigenvalue weighted by Crippen LogP contribution is 2.29. The van der Waals surface area contributed by atoms with E-state index in [9.17, 15) is 13.4 Å². The number of carbonyl (C=O) groups is 1. The molecule has 2 atom stereocenters. The molecule has 3 fully saturated rings. The lowest BCUT2D eigenvalue weighted by molar-refractivity contribution is -0.122. The number of alkyl halides is 1. The minimum atomic E-state index is -1.33. The lowest BCUT2D eigenvalue weighted by Crippen LogP contribution is -2.47. The fourth-order valence-electron chi connectivity index (χ4n) is 6.50. The van der Waals surface area contributed by atoms with E-state index in [2.05, 4.69) is 15.1 Å². The Hall–Kier alpha value is -1.55. The van der Waals surface area contributed by atoms with Crippen molar-refractivity contribution in [2.24, 2.45) is 5.92 Å². The van der Waals surface area contributed by atoms with E-state index in [-0.39, 0.29) is 11.9 Å². The molecule has 0 spiro atoms. The van der Waals surface area contributed by atoms with Gasteiger partial charge < -0.3 is 19.9 Å². The maximum Gasteiger partial charge on any atom is 0.221 e. The van der Waals surface area contributed by atoms with Crippen LogP contribution in [0.1, 0.15) is 62.5 Å². The molecule has 9 heteroatoms. The van der Waals surface area contributed by atoms with E-state index >= 15 is 0 Å². The average Bonchev–Trinajstić information content (AvgIpc) is 3.31. The van der Waals surface area contributed by atoms with Crippen molar-refractivity contribution in [3.8, 4) is 5.75 Å². The second-order valence-electron chi connectivity index (χ2n) is 11.6. The summed E-state index contributed by atoms with van der Waals surface area (Å²) in [6, 6.07) is 4.66. The topological polar surface area (TPSA) is 65.1 Å². The summed E-state index contributed by atoms with van der Waals surface area (Å²) in [6.45, 7) is 9.24. The minimum absolute atomic E-state index is 0.0405. The van der Waals surface area contributed by atoms with Crippen LogP contribution in [0.3, 0.4) is 0 Å². The normalized spacial score (nSPS) is 26.5. The maximum absolute atomic E-state index is 13.5. The van der Waals surface area contributed by atoms with Gasteiger partial charge in [0.1, 0.15) is 22.9 Å². The van der Waals surface area contributed by atoms with Gasteiger partial charge in [-0.25, -0.2) is 12.9 Å². The van der Waals surface area contributed by atoms with Gasteiger partial charge in [0, 0.05) is 51.7 Å². The molecule has 1 aliphatic carbocycles. The number of hydrogen-bond acceptors (Lipinski definition) is 5. The van der Waals surface area contributed by atoms with Gasteiger partial charge >= 0.3 is 0 Å². The third-order valence-electron chi connectivity index (χ3n) is 8.74. The van der Waals surface area contributed by atoms with E-state index < -0.39 is 17.2 Å². The number of rotatable bonds is 10. The van der Waals surface area contributed by atoms with Crippen LogP contribution in [0, 0.1) is 19.8 Å². The fraction of sp³-hybridized carbons (Fsp3) is 0.759. The number of hydrogen-bond donors (Lipinski definition) is 1. The molecule has 1 aromatic rings. The van der Waals surface area contributed by atoms with Gasteiger partial charge in [-0.1, -0.05) is 0 Å². The maximum atomic E-state index is 13.5. The van der Waals surface area contributed by atoms with Crippen molar-refractivity contribution in [3.05, 3.63) is 23.3 Å². The van der Waals surface area contributed by atoms with Crippen molar-refractivity contribution in [1.82, 2.24) is 19.4 Å². The molecule has 2 saturated heterocycles. The van der Waals surface area contributed by atoms with E-state index in [4.69, 9.17) is 4.74 Å². The van der Waals surface area contributed by atoms with Gasteiger partial charge in [-0.15, -0.1) is 0 Å². The third kappa shape index (κ3) is 7.77. The molecule has 0 aromatic heterocycles. The van der Waals surface area contributed by atoms with Gasteiger partial charge in [0.05, 0.1) is 12.0 Å². The second kappa shape index (κ2) is 13.7. The summed E-state index contributed by atoms with van der Waals surface area (Å²) in [7, 11) is 2.11. The van der Waals surface area contributed by atoms with E-state index in [1.807, 2.05) is 33.0 Å². The zero-order chi connectivity index (χ0) is 27.2. The van der Waals surface area contributed by atoms with Crippen LogP contribution in [0.2, 0.25) is 0 Å². The van der Waals surface area contributed by atoms with Gasteiger partial charge in [0.15, 0.2) is 0 Å². The van der Waals surface area contributed by atoms with Crippen molar-refractivity contribution in [2.75, 3.05) is 53.4 Å². The lowest BCUT2D eigenvalue weighted by Gasteiger charge is -2.41. The standard InChI is InChI=1S/C29H47FN4O3S/c1-21-17-27(37-4)18-22(2)29(21)38(36)32(3)13-12-28(35)31-25-5-7-26(8-6-25)34-15-9-23(10-16-34)19-33-14-11-24(30)20-33/h17-18,23-26H,5-16,19-20H2,1-4H3,(H,31,35)/t24-,25?,26?,38?/m1/s1. The number of amides is 1. The number of nitrogens with one attached hydrogen (secondary N) is 1. The summed E-state index contributed by atoms with van der Waals surface area (Å²) in [4.78, 5) is 18.4. The van der Waals surface area contributed by atoms with Crippen LogP contribution in [0.5, 0.6) is 5.75 Å². The molecule has 214 valence electrons. The highest BCUT2D eigenvalue weighted by atomic mass is 32.2. The summed E-state index contributed by atoms with van der Waals surface area (Å²) < 4.78 is 33.7. The Morgan fingerprint density at radius 1 is 1.08 bits per heavy atom. The molecule has 1 N–H and O–H groups in total. The largest absolute Gasteiger partial charge is 0.497 e. The Morgan fingerprint density at radius 2 is 1.74 bits per heavy atom. The van der Waals surface area contributed by atoms with Gasteiger partial charge in [0.25, 0.3) is 0 Å². The molecular formula is C29H47FN4O3S. The smallest absolute Gasteiger partial charge is 0.221 e. The molecule has 2 heterocycles. The summed E-state index contributed by atoms with van der Waals surface area (Å²) in [5, 5.41) is 3.23. The number of likely N-dealkylation sites (tertiary alicyclic amines) is 2. The molecule has 0 radical (unpaired) electrons. The van der Waals surface area contributed by atoms with Gasteiger partial charge in [-0.2, -0.15) is 0 Å². The quantitative estimate of drug-likeness (QED) is 0.480. The molecular weight excluding hydrogens is 503 g/mol. The monoisotopic (exact) mass is 550 g/mol. The molecule has 3 aliphatic rings. The number of aryl methyl sites for hydroxylation is 2. The summed E-state index contributed by atoms with van der Waals surface area (Å²) in [5.41, 5.74) is 1.86. The minimum Gasteiger partial charge on any atom is -0.497 e. The van der Waals surface area contributed by atoms with Crippen LogP contribution in [0.25, 0.3) is 0 Å². The number of benzene rings is 1. The van der Waals surface area contributed by atoms with Crippen LogP contribution >= 0.6 is 0 Å². The van der Waals surface area contributed by atoms with Gasteiger partial charge in [-0.05, 0) is 101 Å². The van der Waals surface area contributed by atoms with E-state index in [1.54, 1.807) is 11.4 Å². The second-order valence-corrected chi connectivity index (χ2v) is 13.2. The highest BCUT2D eigenvalue weighted by molar-refractivity contribution is 7.82. The molecule has 1 unspecified atom stereocenters. The van der Waals surface area contributed by atoms with Crippen LogP contribution in [-0.4, -0.2) is 95.9 Å². The Balaban J connectivity index is 1.14. The molecule has 1 saturated carbocycles. The SMILES string of the molecule is COc1cc(C)c(S(=O)N(C)CCC(=O)NC2CCC(N3CCC(CN4CC[C@@H](F)C4)CC3)CC2)c(C)c1. The predicted molar refractivity (Wildman–Crippen MR) is 151 cm³/mol. The zero-order valence-corrected chi connectivity index (χ0v) is 24.5. The molecule has 4 rings (SSSR count). The van der Waals surface area contributed by atoms with E-state index in [1.165, 1.54) is 12.8 Å². The average molecular weight is 551 g/mol. The van der Waals surface area contributed by atoms with Crippen molar-refractivity contribution in [1.29, 1.82) is 0 Å². The van der Waals surface area contributed by atoms with E-state index in [0.717, 1.165) is 73.6 Å². The number of piperidine rings is 1. The highest BCUT2D eigenvalue weighted by Gasteiger charge is 2.31. The Labute approximate surface area is 231 Å². The number of ether oxygens (including phenoxy) is 1. The molecule has 38 heavy (non-hydrogen) atoms. The molecule has 0 bridgehead atoms. The van der Waals surface area contributed by atoms with Crippen LogP contribution in [-0.2, 0) is 15.8 Å². The zero-order valence-electron chi connectivity index (χ0n) is 23.7. The van der Waals surface area contributed by atoms with Crippen molar-refractivity contribution in [2.45, 2.75) is 88.4 Å². The molecule has 7 nitrogen and oxygen atoms in total. The van der Waals surface area contributed by atoms with Crippen molar-refractivity contribution < 1.29 is 18.1 Å². The summed E-state index contributed by atoms with van der Waals surface area (Å²) >= 11 is 0. The first-order valence-corrected chi connectivity index (χ1v) is 15.5. The Bertz CT molecular complexity index is 940. The molecule has 1 aromatic carbocycles. The van der Waals surface area contributed by atoms with Gasteiger partial charge in [0.2, 0.25) is 5.91 Å². The van der Waals surface area contributed by atoms with Gasteiger partial charge in [-0.3, -0.25) is 4.79 Å². The van der Waals surface area contributed by atoms with Crippen LogP contribution in [0.15, 0.2) is 17.0 Å². The van der Waals surface area contributed by atoms with Crippen LogP contribution < -0.4 is 10.1 Å². The number of methoxy groups -OCH3 is 1.